The summed E-state index contributed by atoms with van der Waals surface area (Å²) in [6.45, 7) is 15.2. The number of hydrogen-bond acceptors (Lipinski definition) is 3. The van der Waals surface area contributed by atoms with E-state index in [1.807, 2.05) is 0 Å². The van der Waals surface area contributed by atoms with Crippen LogP contribution in [-0.4, -0.2) is 49.1 Å². The minimum Gasteiger partial charge on any atom is -0.494 e. The van der Waals surface area contributed by atoms with Crippen molar-refractivity contribution >= 4 is 0 Å². The maximum Gasteiger partial charge on any atom is 0.119 e. The summed E-state index contributed by atoms with van der Waals surface area (Å²) in [5.74, 6) is 1.00. The number of nitrogens with zero attached hydrogens (tertiary/aromatic N) is 2. The highest BCUT2D eigenvalue weighted by Crippen LogP contribution is 2.42. The lowest BCUT2D eigenvalue weighted by molar-refractivity contribution is 0.232. The number of likely N-dealkylation sites (tertiary alicyclic amines) is 1. The van der Waals surface area contributed by atoms with Crippen molar-refractivity contribution in [1.82, 2.24) is 9.80 Å². The highest BCUT2D eigenvalue weighted by molar-refractivity contribution is 5.27. The van der Waals surface area contributed by atoms with Gasteiger partial charge in [0, 0.05) is 19.1 Å². The van der Waals surface area contributed by atoms with Crippen molar-refractivity contribution in [2.75, 3.05) is 33.3 Å². The van der Waals surface area contributed by atoms with Gasteiger partial charge in [0.1, 0.15) is 5.75 Å². The van der Waals surface area contributed by atoms with Gasteiger partial charge in [-0.05, 0) is 108 Å². The molecule has 0 unspecified atom stereocenters. The van der Waals surface area contributed by atoms with Crippen LogP contribution in [0.5, 0.6) is 5.75 Å². The van der Waals surface area contributed by atoms with Crippen molar-refractivity contribution in [3.05, 3.63) is 41.0 Å². The molecule has 0 saturated carbocycles. The Hall–Kier alpha value is -1.32. The molecular formula is C28H46N2O. The molecule has 1 fully saturated rings. The average molecular weight is 427 g/mol. The van der Waals surface area contributed by atoms with Crippen molar-refractivity contribution in [2.24, 2.45) is 5.41 Å². The minimum atomic E-state index is 0.394. The van der Waals surface area contributed by atoms with E-state index in [0.29, 0.717) is 11.5 Å². The van der Waals surface area contributed by atoms with Crippen LogP contribution < -0.4 is 4.74 Å². The third kappa shape index (κ3) is 7.36. The molecule has 174 valence electrons. The first kappa shape index (κ1) is 24.3. The maximum atomic E-state index is 5.96. The van der Waals surface area contributed by atoms with Gasteiger partial charge in [-0.25, -0.2) is 0 Å². The van der Waals surface area contributed by atoms with Crippen LogP contribution in [0.2, 0.25) is 0 Å². The Morgan fingerprint density at radius 2 is 1.81 bits per heavy atom. The Bertz CT molecular complexity index is 700. The summed E-state index contributed by atoms with van der Waals surface area (Å²) < 4.78 is 5.96. The molecule has 3 heteroatoms. The fraction of sp³-hybridized carbons (Fsp3) is 0.714. The number of allylic oxidation sites excluding steroid dienone is 2. The molecule has 0 spiro atoms. The van der Waals surface area contributed by atoms with Gasteiger partial charge in [0.15, 0.2) is 0 Å². The van der Waals surface area contributed by atoms with Crippen molar-refractivity contribution in [1.29, 1.82) is 0 Å². The van der Waals surface area contributed by atoms with Crippen molar-refractivity contribution in [3.8, 4) is 5.75 Å². The first-order valence-corrected chi connectivity index (χ1v) is 12.7. The van der Waals surface area contributed by atoms with Gasteiger partial charge < -0.3 is 9.64 Å². The fourth-order valence-electron chi connectivity index (χ4n) is 5.42. The minimum absolute atomic E-state index is 0.394. The van der Waals surface area contributed by atoms with Gasteiger partial charge in [-0.15, -0.1) is 0 Å². The smallest absolute Gasteiger partial charge is 0.119 e. The Balaban J connectivity index is 1.39. The Morgan fingerprint density at radius 1 is 1.10 bits per heavy atom. The summed E-state index contributed by atoms with van der Waals surface area (Å²) >= 11 is 0. The van der Waals surface area contributed by atoms with Crippen LogP contribution in [0.4, 0.5) is 0 Å². The molecule has 1 aromatic rings. The van der Waals surface area contributed by atoms with E-state index in [4.69, 9.17) is 4.74 Å². The molecule has 1 saturated heterocycles. The molecule has 1 atom stereocenters. The molecular weight excluding hydrogens is 380 g/mol. The van der Waals surface area contributed by atoms with Gasteiger partial charge in [-0.2, -0.15) is 0 Å². The molecule has 3 rings (SSSR count). The number of benzene rings is 1. The second-order valence-corrected chi connectivity index (χ2v) is 10.7. The van der Waals surface area contributed by atoms with E-state index in [1.165, 1.54) is 70.1 Å². The van der Waals surface area contributed by atoms with Crippen LogP contribution in [0.3, 0.4) is 0 Å². The van der Waals surface area contributed by atoms with Crippen molar-refractivity contribution in [2.45, 2.75) is 91.6 Å². The second kappa shape index (κ2) is 11.5. The van der Waals surface area contributed by atoms with E-state index in [1.54, 1.807) is 11.1 Å². The van der Waals surface area contributed by atoms with Crippen LogP contribution in [0.25, 0.3) is 0 Å². The Labute approximate surface area is 191 Å². The maximum absolute atomic E-state index is 5.96. The van der Waals surface area contributed by atoms with E-state index in [9.17, 15) is 0 Å². The van der Waals surface area contributed by atoms with E-state index in [0.717, 1.165) is 25.3 Å². The van der Waals surface area contributed by atoms with Crippen LogP contribution in [0.15, 0.2) is 35.4 Å². The van der Waals surface area contributed by atoms with E-state index < -0.39 is 0 Å². The first-order valence-electron chi connectivity index (χ1n) is 12.7. The largest absolute Gasteiger partial charge is 0.494 e. The van der Waals surface area contributed by atoms with E-state index >= 15 is 0 Å². The highest BCUT2D eigenvalue weighted by atomic mass is 16.5. The zero-order valence-electron chi connectivity index (χ0n) is 20.9. The van der Waals surface area contributed by atoms with Gasteiger partial charge in [-0.3, -0.25) is 4.90 Å². The molecule has 2 aliphatic rings. The van der Waals surface area contributed by atoms with Crippen LogP contribution in [-0.2, 0) is 6.54 Å². The third-order valence-electron chi connectivity index (χ3n) is 7.69. The zero-order chi connectivity index (χ0) is 22.3. The molecule has 0 aromatic heterocycles. The summed E-state index contributed by atoms with van der Waals surface area (Å²) in [7, 11) is 2.26. The van der Waals surface area contributed by atoms with Crippen molar-refractivity contribution in [3.63, 3.8) is 0 Å². The molecule has 0 N–H and O–H groups in total. The summed E-state index contributed by atoms with van der Waals surface area (Å²) in [6, 6.07) is 9.33. The van der Waals surface area contributed by atoms with Gasteiger partial charge in [0.2, 0.25) is 0 Å². The van der Waals surface area contributed by atoms with Crippen LogP contribution in [0, 0.1) is 5.41 Å². The lowest BCUT2D eigenvalue weighted by atomic mass is 9.71. The SMILES string of the molecule is CC1=C(CC[C@@H](C)N(C)Cc2ccc(OCCCN3CCCC3)cc2)C(C)(C)CCC1. The monoisotopic (exact) mass is 426 g/mol. The second-order valence-electron chi connectivity index (χ2n) is 10.7. The molecule has 1 aromatic carbocycles. The summed E-state index contributed by atoms with van der Waals surface area (Å²) in [5, 5.41) is 0. The normalized spacial score (nSPS) is 20.5. The molecule has 0 radical (unpaired) electrons. The molecule has 1 aliphatic heterocycles. The van der Waals surface area contributed by atoms with E-state index in [2.05, 4.69) is 68.8 Å². The quantitative estimate of drug-likeness (QED) is 0.290. The van der Waals surface area contributed by atoms with E-state index in [-0.39, 0.29) is 0 Å². The van der Waals surface area contributed by atoms with Crippen LogP contribution >= 0.6 is 0 Å². The number of hydrogen-bond donors (Lipinski definition) is 0. The lowest BCUT2D eigenvalue weighted by Gasteiger charge is -2.36. The topological polar surface area (TPSA) is 15.7 Å². The molecule has 1 aliphatic carbocycles. The molecule has 0 amide bonds. The predicted octanol–water partition coefficient (Wildman–Crippen LogP) is 6.68. The lowest BCUT2D eigenvalue weighted by Crippen LogP contribution is -2.29. The fourth-order valence-corrected chi connectivity index (χ4v) is 5.42. The molecule has 0 bridgehead atoms. The molecule has 31 heavy (non-hydrogen) atoms. The van der Waals surface area contributed by atoms with Gasteiger partial charge in [0.25, 0.3) is 0 Å². The van der Waals surface area contributed by atoms with Gasteiger partial charge >= 0.3 is 0 Å². The average Bonchev–Trinajstić information content (AvgIpc) is 3.25. The standard InChI is InChI=1S/C28H46N2O/c1-23-10-8-17-28(3,4)27(23)16-11-24(2)29(5)22-25-12-14-26(15-13-25)31-21-9-20-30-18-6-7-19-30/h12-15,24H,6-11,16-22H2,1-5H3/t24-/m1/s1. The summed E-state index contributed by atoms with van der Waals surface area (Å²) in [6.07, 6.45) is 10.3. The highest BCUT2D eigenvalue weighted by Gasteiger charge is 2.28. The number of ether oxygens (including phenoxy) is 1. The Morgan fingerprint density at radius 3 is 2.48 bits per heavy atom. The van der Waals surface area contributed by atoms with Gasteiger partial charge in [-0.1, -0.05) is 37.1 Å². The van der Waals surface area contributed by atoms with Gasteiger partial charge in [0.05, 0.1) is 6.61 Å². The molecule has 3 nitrogen and oxygen atoms in total. The van der Waals surface area contributed by atoms with Crippen LogP contribution in [0.1, 0.15) is 84.6 Å². The summed E-state index contributed by atoms with van der Waals surface area (Å²) in [4.78, 5) is 5.05. The summed E-state index contributed by atoms with van der Waals surface area (Å²) in [5.41, 5.74) is 5.14. The number of rotatable bonds is 11. The Kier molecular flexibility index (Phi) is 9.04. The van der Waals surface area contributed by atoms with Crippen molar-refractivity contribution < 1.29 is 4.74 Å². The predicted molar refractivity (Wildman–Crippen MR) is 133 cm³/mol. The third-order valence-corrected chi connectivity index (χ3v) is 7.69. The first-order chi connectivity index (χ1) is 14.8. The molecule has 1 heterocycles. The zero-order valence-corrected chi connectivity index (χ0v) is 20.9.